The summed E-state index contributed by atoms with van der Waals surface area (Å²) in [6.45, 7) is 3.89. The number of carbonyl (C=O) groups is 1. The number of halogens is 1. The summed E-state index contributed by atoms with van der Waals surface area (Å²) in [4.78, 5) is 12.3. The van der Waals surface area contributed by atoms with Gasteiger partial charge in [-0.15, -0.1) is 0 Å². The molecule has 6 heteroatoms. The fourth-order valence-electron chi connectivity index (χ4n) is 2.20. The highest BCUT2D eigenvalue weighted by molar-refractivity contribution is 7.80. The average Bonchev–Trinajstić information content (AvgIpc) is 2.47. The van der Waals surface area contributed by atoms with Crippen LogP contribution >= 0.6 is 23.8 Å². The van der Waals surface area contributed by atoms with Crippen LogP contribution in [0, 0.1) is 13.8 Å². The van der Waals surface area contributed by atoms with Gasteiger partial charge in [0.25, 0.3) is 5.91 Å². The average molecular weight is 349 g/mol. The third-order valence-electron chi connectivity index (χ3n) is 3.12. The summed E-state index contributed by atoms with van der Waals surface area (Å²) in [7, 11) is 1.54. The quantitative estimate of drug-likeness (QED) is 0.820. The molecular weight excluding hydrogens is 332 g/mol. The number of hydrogen-bond acceptors (Lipinski definition) is 3. The van der Waals surface area contributed by atoms with Crippen LogP contribution in [0.25, 0.3) is 0 Å². The van der Waals surface area contributed by atoms with Gasteiger partial charge < -0.3 is 10.1 Å². The molecule has 0 bridgehead atoms. The van der Waals surface area contributed by atoms with Gasteiger partial charge in [0.1, 0.15) is 5.75 Å². The Morgan fingerprint density at radius 1 is 1.13 bits per heavy atom. The molecule has 0 aliphatic carbocycles. The normalized spacial score (nSPS) is 10.1. The highest BCUT2D eigenvalue weighted by Gasteiger charge is 2.11. The van der Waals surface area contributed by atoms with Gasteiger partial charge in [-0.1, -0.05) is 28.8 Å². The summed E-state index contributed by atoms with van der Waals surface area (Å²) in [5.74, 6) is 0.280. The van der Waals surface area contributed by atoms with Crippen LogP contribution in [0.15, 0.2) is 36.4 Å². The fourth-order valence-corrected chi connectivity index (χ4v) is 2.57. The maximum atomic E-state index is 12.3. The lowest BCUT2D eigenvalue weighted by molar-refractivity contribution is 0.0977. The molecular formula is C17H17ClN2O2S. The molecule has 2 aromatic carbocycles. The molecule has 0 spiro atoms. The number of thiocarbonyl (C=S) groups is 1. The molecule has 4 nitrogen and oxygen atoms in total. The van der Waals surface area contributed by atoms with Gasteiger partial charge >= 0.3 is 0 Å². The maximum absolute atomic E-state index is 12.3. The van der Waals surface area contributed by atoms with Crippen molar-refractivity contribution in [2.24, 2.45) is 0 Å². The number of benzene rings is 2. The minimum atomic E-state index is -0.262. The van der Waals surface area contributed by atoms with Crippen molar-refractivity contribution in [2.75, 3.05) is 12.4 Å². The van der Waals surface area contributed by atoms with E-state index in [2.05, 4.69) is 10.6 Å². The molecule has 0 aromatic heterocycles. The van der Waals surface area contributed by atoms with Gasteiger partial charge in [0.15, 0.2) is 5.11 Å². The van der Waals surface area contributed by atoms with Crippen LogP contribution in [-0.2, 0) is 0 Å². The Kier molecular flexibility index (Phi) is 5.58. The first-order valence-corrected chi connectivity index (χ1v) is 7.72. The molecule has 0 aliphatic heterocycles. The van der Waals surface area contributed by atoms with Crippen molar-refractivity contribution in [1.82, 2.24) is 5.32 Å². The molecule has 0 unspecified atom stereocenters. The van der Waals surface area contributed by atoms with Crippen molar-refractivity contribution in [3.05, 3.63) is 58.1 Å². The summed E-state index contributed by atoms with van der Waals surface area (Å²) in [5.41, 5.74) is 3.24. The Labute approximate surface area is 145 Å². The first-order chi connectivity index (χ1) is 10.9. The number of ether oxygens (including phenoxy) is 1. The zero-order chi connectivity index (χ0) is 17.0. The van der Waals surface area contributed by atoms with Gasteiger partial charge in [0.2, 0.25) is 0 Å². The van der Waals surface area contributed by atoms with E-state index in [4.69, 9.17) is 28.6 Å². The van der Waals surface area contributed by atoms with E-state index in [1.807, 2.05) is 32.0 Å². The van der Waals surface area contributed by atoms with Gasteiger partial charge in [0, 0.05) is 16.7 Å². The molecule has 0 fully saturated rings. The molecule has 0 radical (unpaired) electrons. The highest BCUT2D eigenvalue weighted by atomic mass is 35.5. The van der Waals surface area contributed by atoms with Crippen LogP contribution in [0.3, 0.4) is 0 Å². The van der Waals surface area contributed by atoms with E-state index in [1.54, 1.807) is 18.2 Å². The van der Waals surface area contributed by atoms with Gasteiger partial charge in [0.05, 0.1) is 12.8 Å². The van der Waals surface area contributed by atoms with Crippen molar-refractivity contribution in [2.45, 2.75) is 13.8 Å². The zero-order valence-electron chi connectivity index (χ0n) is 13.1. The van der Waals surface area contributed by atoms with E-state index >= 15 is 0 Å². The Bertz CT molecular complexity index is 742. The maximum Gasteiger partial charge on any atom is 0.257 e. The van der Waals surface area contributed by atoms with E-state index in [-0.39, 0.29) is 11.0 Å². The first-order valence-electron chi connectivity index (χ1n) is 6.93. The number of carbonyl (C=O) groups excluding carboxylic acids is 1. The third kappa shape index (κ3) is 4.68. The number of aryl methyl sites for hydroxylation is 2. The summed E-state index contributed by atoms with van der Waals surface area (Å²) in [5, 5.41) is 6.34. The van der Waals surface area contributed by atoms with Gasteiger partial charge in [-0.05, 0) is 50.3 Å². The van der Waals surface area contributed by atoms with Crippen molar-refractivity contribution in [3.8, 4) is 5.75 Å². The van der Waals surface area contributed by atoms with Crippen LogP contribution in [-0.4, -0.2) is 18.1 Å². The van der Waals surface area contributed by atoms with Gasteiger partial charge in [-0.25, -0.2) is 0 Å². The SMILES string of the molecule is COc1cc(Cl)ccc1NC(=S)NC(=O)c1cc(C)cc(C)c1. The Morgan fingerprint density at radius 3 is 2.39 bits per heavy atom. The fraction of sp³-hybridized carbons (Fsp3) is 0.176. The van der Waals surface area contributed by atoms with Crippen molar-refractivity contribution in [3.63, 3.8) is 0 Å². The van der Waals surface area contributed by atoms with E-state index in [0.717, 1.165) is 11.1 Å². The van der Waals surface area contributed by atoms with E-state index in [9.17, 15) is 4.79 Å². The number of anilines is 1. The van der Waals surface area contributed by atoms with E-state index in [1.165, 1.54) is 7.11 Å². The van der Waals surface area contributed by atoms with Crippen LogP contribution in [0.1, 0.15) is 21.5 Å². The Morgan fingerprint density at radius 2 is 1.78 bits per heavy atom. The predicted molar refractivity (Wildman–Crippen MR) is 97.6 cm³/mol. The molecule has 2 rings (SSSR count). The molecule has 2 N–H and O–H groups in total. The van der Waals surface area contributed by atoms with Crippen LogP contribution < -0.4 is 15.4 Å². The summed E-state index contributed by atoms with van der Waals surface area (Å²) in [6.07, 6.45) is 0. The first kappa shape index (κ1) is 17.2. The van der Waals surface area contributed by atoms with Crippen LogP contribution in [0.5, 0.6) is 5.75 Å². The predicted octanol–water partition coefficient (Wildman–Crippen LogP) is 4.09. The van der Waals surface area contributed by atoms with Gasteiger partial charge in [-0.2, -0.15) is 0 Å². The highest BCUT2D eigenvalue weighted by Crippen LogP contribution is 2.27. The lowest BCUT2D eigenvalue weighted by atomic mass is 10.1. The van der Waals surface area contributed by atoms with Crippen molar-refractivity contribution < 1.29 is 9.53 Å². The zero-order valence-corrected chi connectivity index (χ0v) is 14.6. The van der Waals surface area contributed by atoms with Crippen molar-refractivity contribution >= 4 is 40.5 Å². The molecule has 0 atom stereocenters. The third-order valence-corrected chi connectivity index (χ3v) is 3.56. The lowest BCUT2D eigenvalue weighted by Gasteiger charge is -2.13. The lowest BCUT2D eigenvalue weighted by Crippen LogP contribution is -2.34. The van der Waals surface area contributed by atoms with Gasteiger partial charge in [-0.3, -0.25) is 10.1 Å². The minimum Gasteiger partial charge on any atom is -0.495 e. The molecule has 1 amide bonds. The minimum absolute atomic E-state index is 0.190. The standard InChI is InChI=1S/C17H17ClN2O2S/c1-10-6-11(2)8-12(7-10)16(21)20-17(23)19-14-5-4-13(18)9-15(14)22-3/h4-9H,1-3H3,(H2,19,20,21,23). The topological polar surface area (TPSA) is 50.4 Å². The second-order valence-corrected chi connectivity index (χ2v) is 5.97. The molecule has 0 saturated heterocycles. The number of nitrogens with one attached hydrogen (secondary N) is 2. The molecule has 120 valence electrons. The monoisotopic (exact) mass is 348 g/mol. The smallest absolute Gasteiger partial charge is 0.257 e. The number of rotatable bonds is 3. The molecule has 2 aromatic rings. The second-order valence-electron chi connectivity index (χ2n) is 5.13. The molecule has 23 heavy (non-hydrogen) atoms. The largest absolute Gasteiger partial charge is 0.495 e. The number of methoxy groups -OCH3 is 1. The summed E-state index contributed by atoms with van der Waals surface area (Å²) in [6, 6.07) is 10.7. The molecule has 0 aliphatic rings. The summed E-state index contributed by atoms with van der Waals surface area (Å²) < 4.78 is 5.23. The van der Waals surface area contributed by atoms with Crippen LogP contribution in [0.4, 0.5) is 5.69 Å². The van der Waals surface area contributed by atoms with Crippen LogP contribution in [0.2, 0.25) is 5.02 Å². The number of amides is 1. The molecule has 0 heterocycles. The second kappa shape index (κ2) is 7.44. The Hall–Kier alpha value is -2.11. The van der Waals surface area contributed by atoms with E-state index < -0.39 is 0 Å². The number of hydrogen-bond donors (Lipinski definition) is 2. The summed E-state index contributed by atoms with van der Waals surface area (Å²) >= 11 is 11.1. The Balaban J connectivity index is 2.09. The van der Waals surface area contributed by atoms with Crippen molar-refractivity contribution in [1.29, 1.82) is 0 Å². The van der Waals surface area contributed by atoms with E-state index in [0.29, 0.717) is 22.0 Å². The molecule has 0 saturated carbocycles.